The third-order valence-corrected chi connectivity index (χ3v) is 8.64. The Balaban J connectivity index is 1.10. The summed E-state index contributed by atoms with van der Waals surface area (Å²) < 4.78 is 0. The van der Waals surface area contributed by atoms with E-state index >= 15 is 0 Å². The van der Waals surface area contributed by atoms with E-state index in [1.54, 1.807) is 0 Å². The van der Waals surface area contributed by atoms with Crippen LogP contribution in [-0.4, -0.2) is 67.9 Å². The first-order chi connectivity index (χ1) is 20.9. The molecule has 9 heteroatoms. The van der Waals surface area contributed by atoms with Crippen molar-refractivity contribution in [2.45, 2.75) is 52.1 Å². The molecule has 3 aromatic carbocycles. The van der Waals surface area contributed by atoms with Crippen molar-refractivity contribution in [3.05, 3.63) is 83.3 Å². The molecule has 0 bridgehead atoms. The van der Waals surface area contributed by atoms with Crippen molar-refractivity contribution >= 4 is 45.2 Å². The van der Waals surface area contributed by atoms with E-state index in [1.807, 2.05) is 55.6 Å². The van der Waals surface area contributed by atoms with E-state index in [9.17, 15) is 4.79 Å². The highest BCUT2D eigenvalue weighted by Crippen LogP contribution is 2.40. The lowest BCUT2D eigenvalue weighted by atomic mass is 10.1. The molecule has 3 N–H and O–H groups in total. The number of hydrogen-bond donors (Lipinski definition) is 3. The number of aromatic nitrogens is 4. The quantitative estimate of drug-likeness (QED) is 0.202. The Bertz CT molecular complexity index is 1780. The predicted octanol–water partition coefficient (Wildman–Crippen LogP) is 6.21. The Morgan fingerprint density at radius 3 is 2.51 bits per heavy atom. The summed E-state index contributed by atoms with van der Waals surface area (Å²) in [6.45, 7) is 11.9. The van der Waals surface area contributed by atoms with Gasteiger partial charge >= 0.3 is 0 Å². The second-order valence-electron chi connectivity index (χ2n) is 12.2. The van der Waals surface area contributed by atoms with Crippen molar-refractivity contribution in [1.29, 1.82) is 0 Å². The third kappa shape index (κ3) is 5.96. The number of H-pyrrole nitrogens is 1. The maximum absolute atomic E-state index is 13.7. The summed E-state index contributed by atoms with van der Waals surface area (Å²) in [5, 5.41) is 7.42. The van der Waals surface area contributed by atoms with E-state index in [0.717, 1.165) is 84.7 Å². The number of anilines is 3. The van der Waals surface area contributed by atoms with E-state index in [2.05, 4.69) is 56.4 Å². The van der Waals surface area contributed by atoms with Crippen molar-refractivity contribution < 1.29 is 4.79 Å². The number of piperazine rings is 1. The van der Waals surface area contributed by atoms with Crippen LogP contribution in [0.3, 0.4) is 0 Å². The molecule has 0 unspecified atom stereocenters. The Hall–Kier alpha value is -4.34. The zero-order chi connectivity index (χ0) is 29.5. The molecule has 0 atom stereocenters. The minimum atomic E-state index is -0.199. The first kappa shape index (κ1) is 27.5. The first-order valence-electron chi connectivity index (χ1n) is 15.3. The van der Waals surface area contributed by atoms with E-state index in [-0.39, 0.29) is 5.91 Å². The molecule has 0 radical (unpaired) electrons. The van der Waals surface area contributed by atoms with Crippen molar-refractivity contribution in [2.24, 2.45) is 0 Å². The molecular weight excluding hydrogens is 536 g/mol. The number of aromatic amines is 1. The summed E-state index contributed by atoms with van der Waals surface area (Å²) in [6.07, 6.45) is 4.06. The summed E-state index contributed by atoms with van der Waals surface area (Å²) >= 11 is 0. The molecule has 1 saturated carbocycles. The van der Waals surface area contributed by atoms with Gasteiger partial charge in [-0.15, -0.1) is 0 Å². The van der Waals surface area contributed by atoms with Crippen molar-refractivity contribution in [3.63, 3.8) is 0 Å². The summed E-state index contributed by atoms with van der Waals surface area (Å²) in [4.78, 5) is 36.3. The standard InChI is InChI=1S/C34H38N8O/c1-21(2)42-15-13-41(14-16-42)20-23-7-11-26(12-8-23)36-33(43)28-17-27(18-29-31(28)39-32(38-29)24-9-10-24)37-34-35-19-25-6-4-5-22(3)30(25)40-34/h4-8,11-12,17-19,21,24H,9-10,13-16,20H2,1-3H3,(H,36,43)(H,38,39)(H,35,37,40). The highest BCUT2D eigenvalue weighted by Gasteiger charge is 2.28. The number of carbonyl (C=O) groups is 1. The van der Waals surface area contributed by atoms with Gasteiger partial charge in [-0.25, -0.2) is 15.0 Å². The van der Waals surface area contributed by atoms with Gasteiger partial charge in [0.2, 0.25) is 5.95 Å². The number of hydrogen-bond acceptors (Lipinski definition) is 7. The molecule has 43 heavy (non-hydrogen) atoms. The molecule has 0 spiro atoms. The maximum atomic E-state index is 13.7. The smallest absolute Gasteiger partial charge is 0.258 e. The van der Waals surface area contributed by atoms with Gasteiger partial charge in [0.05, 0.1) is 16.6 Å². The SMILES string of the molecule is Cc1cccc2cnc(Nc3cc(C(=O)Nc4ccc(CN5CCN(C(C)C)CC5)cc4)c4nc(C5CC5)[nH]c4c3)nc12. The van der Waals surface area contributed by atoms with Gasteiger partial charge in [-0.05, 0) is 69.0 Å². The Kier molecular flexibility index (Phi) is 7.28. The number of nitrogens with one attached hydrogen (secondary N) is 3. The largest absolute Gasteiger partial charge is 0.342 e. The van der Waals surface area contributed by atoms with Gasteiger partial charge in [-0.2, -0.15) is 0 Å². The average molecular weight is 575 g/mol. The fourth-order valence-electron chi connectivity index (χ4n) is 5.91. The normalized spacial score (nSPS) is 16.3. The van der Waals surface area contributed by atoms with Crippen LogP contribution in [0.2, 0.25) is 0 Å². The number of imidazole rings is 1. The zero-order valence-electron chi connectivity index (χ0n) is 25.0. The van der Waals surface area contributed by atoms with Crippen LogP contribution in [0.25, 0.3) is 21.9 Å². The minimum Gasteiger partial charge on any atom is -0.342 e. The lowest BCUT2D eigenvalue weighted by Gasteiger charge is -2.36. The van der Waals surface area contributed by atoms with Crippen LogP contribution < -0.4 is 10.6 Å². The van der Waals surface area contributed by atoms with Crippen LogP contribution >= 0.6 is 0 Å². The number of nitrogens with zero attached hydrogens (tertiary/aromatic N) is 5. The fraction of sp³-hybridized carbons (Fsp3) is 0.353. The molecule has 7 rings (SSSR count). The monoisotopic (exact) mass is 574 g/mol. The first-order valence-corrected chi connectivity index (χ1v) is 15.3. The highest BCUT2D eigenvalue weighted by atomic mass is 16.1. The van der Waals surface area contributed by atoms with Crippen molar-refractivity contribution in [1.82, 2.24) is 29.7 Å². The van der Waals surface area contributed by atoms with Crippen LogP contribution in [0.15, 0.2) is 60.8 Å². The van der Waals surface area contributed by atoms with Crippen LogP contribution in [0.4, 0.5) is 17.3 Å². The molecule has 220 valence electrons. The number of carbonyl (C=O) groups excluding carboxylic acids is 1. The minimum absolute atomic E-state index is 0.199. The third-order valence-electron chi connectivity index (χ3n) is 8.64. The van der Waals surface area contributed by atoms with E-state index in [4.69, 9.17) is 9.97 Å². The van der Waals surface area contributed by atoms with Crippen molar-refractivity contribution in [3.8, 4) is 0 Å². The summed E-state index contributed by atoms with van der Waals surface area (Å²) in [5.74, 6) is 1.66. The molecule has 1 saturated heterocycles. The van der Waals surface area contributed by atoms with Gasteiger partial charge in [0.15, 0.2) is 0 Å². The molecular formula is C34H38N8O. The summed E-state index contributed by atoms with van der Waals surface area (Å²) in [7, 11) is 0. The van der Waals surface area contributed by atoms with Gasteiger partial charge in [0.25, 0.3) is 5.91 Å². The lowest BCUT2D eigenvalue weighted by molar-refractivity contribution is 0.102. The van der Waals surface area contributed by atoms with E-state index in [1.165, 1.54) is 5.56 Å². The number of fused-ring (bicyclic) bond motifs is 2. The number of rotatable bonds is 8. The molecule has 3 heterocycles. The molecule has 9 nitrogen and oxygen atoms in total. The highest BCUT2D eigenvalue weighted by molar-refractivity contribution is 6.12. The van der Waals surface area contributed by atoms with Gasteiger partial charge in [-0.1, -0.05) is 30.3 Å². The second-order valence-corrected chi connectivity index (χ2v) is 12.2. The topological polar surface area (TPSA) is 102 Å². The average Bonchev–Trinajstić information content (AvgIpc) is 3.77. The van der Waals surface area contributed by atoms with Gasteiger partial charge < -0.3 is 15.6 Å². The van der Waals surface area contributed by atoms with Crippen LogP contribution in [-0.2, 0) is 6.54 Å². The molecule has 2 aliphatic rings. The molecule has 5 aromatic rings. The second kappa shape index (κ2) is 11.4. The molecule has 1 aliphatic carbocycles. The Labute approximate surface area is 251 Å². The van der Waals surface area contributed by atoms with Gasteiger partial charge in [0, 0.05) is 67.6 Å². The number of amides is 1. The fourth-order valence-corrected chi connectivity index (χ4v) is 5.91. The van der Waals surface area contributed by atoms with Crippen LogP contribution in [0.1, 0.15) is 59.9 Å². The van der Waals surface area contributed by atoms with Crippen LogP contribution in [0, 0.1) is 6.92 Å². The maximum Gasteiger partial charge on any atom is 0.258 e. The van der Waals surface area contributed by atoms with E-state index < -0.39 is 0 Å². The number of benzene rings is 3. The molecule has 2 aromatic heterocycles. The van der Waals surface area contributed by atoms with Crippen molar-refractivity contribution in [2.75, 3.05) is 36.8 Å². The van der Waals surface area contributed by atoms with Crippen LogP contribution in [0.5, 0.6) is 0 Å². The summed E-state index contributed by atoms with van der Waals surface area (Å²) in [6, 6.07) is 18.7. The lowest BCUT2D eigenvalue weighted by Crippen LogP contribution is -2.48. The van der Waals surface area contributed by atoms with E-state index in [0.29, 0.717) is 29.0 Å². The number of aryl methyl sites for hydroxylation is 1. The summed E-state index contributed by atoms with van der Waals surface area (Å²) in [5.41, 5.74) is 6.72. The Morgan fingerprint density at radius 1 is 0.977 bits per heavy atom. The Morgan fingerprint density at radius 2 is 1.77 bits per heavy atom. The zero-order valence-corrected chi connectivity index (χ0v) is 25.0. The molecule has 2 fully saturated rings. The van der Waals surface area contributed by atoms with Gasteiger partial charge in [-0.3, -0.25) is 14.6 Å². The molecule has 1 amide bonds. The predicted molar refractivity (Wildman–Crippen MR) is 172 cm³/mol. The van der Waals surface area contributed by atoms with Gasteiger partial charge in [0.1, 0.15) is 11.3 Å². The molecule has 1 aliphatic heterocycles. The number of para-hydroxylation sites is 1.